The smallest absolute Gasteiger partial charge is 0.306 e. The molecular formula is C59H98O6. The van der Waals surface area contributed by atoms with Gasteiger partial charge in [0, 0.05) is 19.3 Å². The van der Waals surface area contributed by atoms with Crippen LogP contribution in [0.1, 0.15) is 239 Å². The number of ether oxygens (including phenoxy) is 3. The molecule has 0 fully saturated rings. The van der Waals surface area contributed by atoms with Crippen LogP contribution in [0.4, 0.5) is 0 Å². The molecule has 0 bridgehead atoms. The fraction of sp³-hybridized carbons (Fsp3) is 0.678. The highest BCUT2D eigenvalue weighted by atomic mass is 16.6. The van der Waals surface area contributed by atoms with Crippen LogP contribution in [0.25, 0.3) is 0 Å². The van der Waals surface area contributed by atoms with Crippen molar-refractivity contribution < 1.29 is 28.6 Å². The molecule has 0 saturated heterocycles. The van der Waals surface area contributed by atoms with E-state index in [9.17, 15) is 14.4 Å². The van der Waals surface area contributed by atoms with Crippen molar-refractivity contribution >= 4 is 17.9 Å². The van der Waals surface area contributed by atoms with Crippen molar-refractivity contribution in [1.82, 2.24) is 0 Å². The van der Waals surface area contributed by atoms with Crippen molar-refractivity contribution in [2.75, 3.05) is 13.2 Å². The molecule has 0 heterocycles. The molecule has 0 amide bonds. The van der Waals surface area contributed by atoms with Gasteiger partial charge in [-0.3, -0.25) is 14.4 Å². The Labute approximate surface area is 400 Å². The van der Waals surface area contributed by atoms with E-state index in [0.29, 0.717) is 12.8 Å². The van der Waals surface area contributed by atoms with E-state index in [1.165, 1.54) is 64.2 Å². The first-order valence-corrected chi connectivity index (χ1v) is 26.7. The van der Waals surface area contributed by atoms with E-state index in [2.05, 4.69) is 118 Å². The van der Waals surface area contributed by atoms with Crippen molar-refractivity contribution in [3.8, 4) is 0 Å². The largest absolute Gasteiger partial charge is 0.462 e. The van der Waals surface area contributed by atoms with Gasteiger partial charge >= 0.3 is 17.9 Å². The number of carbonyl (C=O) groups excluding carboxylic acids is 3. The molecule has 0 saturated carbocycles. The maximum absolute atomic E-state index is 12.8. The van der Waals surface area contributed by atoms with Crippen molar-refractivity contribution in [1.29, 1.82) is 0 Å². The molecule has 6 nitrogen and oxygen atoms in total. The van der Waals surface area contributed by atoms with Gasteiger partial charge in [0.1, 0.15) is 13.2 Å². The number of rotatable bonds is 47. The summed E-state index contributed by atoms with van der Waals surface area (Å²) in [5.41, 5.74) is 0. The fourth-order valence-electron chi connectivity index (χ4n) is 7.02. The SMILES string of the molecule is CC/C=C\C/C=C\C/C=C\CCCCCCCC(=O)OC[C@H](COC(=O)CCCCCCC/C=C\CCCCCC)OC(=O)CCCCC/C=C\C/C=C\C/C=C\C/C=C\CCCCC. The van der Waals surface area contributed by atoms with E-state index in [1.807, 2.05) is 0 Å². The maximum Gasteiger partial charge on any atom is 0.306 e. The molecule has 0 radical (unpaired) electrons. The number of carbonyl (C=O) groups is 3. The Morgan fingerprint density at radius 2 is 0.600 bits per heavy atom. The molecule has 0 spiro atoms. The quantitative estimate of drug-likeness (QED) is 0.0262. The summed E-state index contributed by atoms with van der Waals surface area (Å²) < 4.78 is 16.8. The Morgan fingerprint density at radius 3 is 1.00 bits per heavy atom. The van der Waals surface area contributed by atoms with Gasteiger partial charge in [-0.1, -0.05) is 195 Å². The van der Waals surface area contributed by atoms with Crippen LogP contribution in [0.15, 0.2) is 97.2 Å². The van der Waals surface area contributed by atoms with E-state index in [4.69, 9.17) is 14.2 Å². The van der Waals surface area contributed by atoms with Crippen LogP contribution in [0.5, 0.6) is 0 Å². The van der Waals surface area contributed by atoms with Crippen LogP contribution < -0.4 is 0 Å². The van der Waals surface area contributed by atoms with Gasteiger partial charge in [0.25, 0.3) is 0 Å². The van der Waals surface area contributed by atoms with Gasteiger partial charge in [-0.25, -0.2) is 0 Å². The highest BCUT2D eigenvalue weighted by molar-refractivity contribution is 5.71. The molecule has 1 atom stereocenters. The van der Waals surface area contributed by atoms with Crippen LogP contribution in [0.2, 0.25) is 0 Å². The van der Waals surface area contributed by atoms with Crippen LogP contribution in [-0.4, -0.2) is 37.2 Å². The lowest BCUT2D eigenvalue weighted by atomic mass is 10.1. The van der Waals surface area contributed by atoms with Crippen LogP contribution in [0, 0.1) is 0 Å². The monoisotopic (exact) mass is 903 g/mol. The van der Waals surface area contributed by atoms with Crippen LogP contribution >= 0.6 is 0 Å². The predicted octanol–water partition coefficient (Wildman–Crippen LogP) is 17.8. The normalized spacial score (nSPS) is 12.8. The number of allylic oxidation sites excluding steroid dienone is 16. The summed E-state index contributed by atoms with van der Waals surface area (Å²) in [5, 5.41) is 0. The Hall–Kier alpha value is -3.67. The third-order valence-corrected chi connectivity index (χ3v) is 11.0. The molecule has 370 valence electrons. The zero-order valence-electron chi connectivity index (χ0n) is 42.2. The van der Waals surface area contributed by atoms with E-state index in [1.54, 1.807) is 0 Å². The number of hydrogen-bond acceptors (Lipinski definition) is 6. The van der Waals surface area contributed by atoms with Gasteiger partial charge < -0.3 is 14.2 Å². The lowest BCUT2D eigenvalue weighted by Crippen LogP contribution is -2.30. The van der Waals surface area contributed by atoms with Crippen molar-refractivity contribution in [3.05, 3.63) is 97.2 Å². The van der Waals surface area contributed by atoms with Gasteiger partial charge in [-0.05, 0) is 122 Å². The van der Waals surface area contributed by atoms with Gasteiger partial charge in [-0.2, -0.15) is 0 Å². The topological polar surface area (TPSA) is 78.9 Å². The molecule has 6 heteroatoms. The zero-order valence-corrected chi connectivity index (χ0v) is 42.2. The summed E-state index contributed by atoms with van der Waals surface area (Å²) in [6.07, 6.45) is 69.6. The second-order valence-electron chi connectivity index (χ2n) is 17.4. The first kappa shape index (κ1) is 61.3. The Bertz CT molecular complexity index is 1310. The van der Waals surface area contributed by atoms with Crippen molar-refractivity contribution in [2.45, 2.75) is 245 Å². The first-order chi connectivity index (χ1) is 32.0. The molecule has 0 aromatic rings. The molecule has 0 aliphatic carbocycles. The average molecular weight is 903 g/mol. The third kappa shape index (κ3) is 51.2. The number of unbranched alkanes of at least 4 members (excludes halogenated alkanes) is 20. The van der Waals surface area contributed by atoms with E-state index < -0.39 is 6.10 Å². The maximum atomic E-state index is 12.8. The number of esters is 3. The lowest BCUT2D eigenvalue weighted by molar-refractivity contribution is -0.167. The Balaban J connectivity index is 4.50. The molecule has 0 rings (SSSR count). The molecule has 0 aromatic carbocycles. The zero-order chi connectivity index (χ0) is 47.2. The summed E-state index contributed by atoms with van der Waals surface area (Å²) in [4.78, 5) is 38.0. The third-order valence-electron chi connectivity index (χ3n) is 11.0. The second-order valence-corrected chi connectivity index (χ2v) is 17.4. The second kappa shape index (κ2) is 52.9. The molecular weight excluding hydrogens is 805 g/mol. The van der Waals surface area contributed by atoms with Gasteiger partial charge in [-0.15, -0.1) is 0 Å². The minimum Gasteiger partial charge on any atom is -0.462 e. The van der Waals surface area contributed by atoms with Gasteiger partial charge in [0.2, 0.25) is 0 Å². The Kier molecular flexibility index (Phi) is 50.0. The fourth-order valence-corrected chi connectivity index (χ4v) is 7.02. The predicted molar refractivity (Wildman–Crippen MR) is 279 cm³/mol. The summed E-state index contributed by atoms with van der Waals surface area (Å²) >= 11 is 0. The van der Waals surface area contributed by atoms with Crippen LogP contribution in [-0.2, 0) is 28.6 Å². The summed E-state index contributed by atoms with van der Waals surface area (Å²) in [7, 11) is 0. The highest BCUT2D eigenvalue weighted by Gasteiger charge is 2.19. The van der Waals surface area contributed by atoms with Crippen molar-refractivity contribution in [2.24, 2.45) is 0 Å². The Morgan fingerprint density at radius 1 is 0.323 bits per heavy atom. The summed E-state index contributed by atoms with van der Waals surface area (Å²) in [6.45, 7) is 6.43. The lowest BCUT2D eigenvalue weighted by Gasteiger charge is -2.18. The first-order valence-electron chi connectivity index (χ1n) is 26.7. The van der Waals surface area contributed by atoms with Crippen LogP contribution in [0.3, 0.4) is 0 Å². The molecule has 0 aromatic heterocycles. The average Bonchev–Trinajstić information content (AvgIpc) is 3.30. The molecule has 0 aliphatic rings. The summed E-state index contributed by atoms with van der Waals surface area (Å²) in [5.74, 6) is -0.960. The van der Waals surface area contributed by atoms with Gasteiger partial charge in [0.05, 0.1) is 0 Å². The molecule has 0 unspecified atom stereocenters. The minimum absolute atomic E-state index is 0.101. The minimum atomic E-state index is -0.805. The number of hydrogen-bond donors (Lipinski definition) is 0. The highest BCUT2D eigenvalue weighted by Crippen LogP contribution is 2.13. The van der Waals surface area contributed by atoms with E-state index in [-0.39, 0.29) is 37.5 Å². The van der Waals surface area contributed by atoms with E-state index in [0.717, 1.165) is 135 Å². The van der Waals surface area contributed by atoms with Gasteiger partial charge in [0.15, 0.2) is 6.10 Å². The van der Waals surface area contributed by atoms with Crippen molar-refractivity contribution in [3.63, 3.8) is 0 Å². The molecule has 65 heavy (non-hydrogen) atoms. The molecule has 0 N–H and O–H groups in total. The van der Waals surface area contributed by atoms with E-state index >= 15 is 0 Å². The molecule has 0 aliphatic heterocycles. The standard InChI is InChI=1S/C59H98O6/c1-4-7-10-13-16-19-22-25-27-28-29-30-32-35-38-41-44-47-50-53-59(62)65-56(54-63-57(60)51-48-45-42-39-36-33-24-21-18-15-12-9-6-3)55-64-58(61)52-49-46-43-40-37-34-31-26-23-20-17-14-11-8-5-2/h8,11,16-17,19-21,24-27,29-31,35,38,56H,4-7,9-10,12-15,18,22-23,28,32-34,36-37,39-55H2,1-3H3/b11-8-,19-16-,20-17-,24-21-,27-25-,30-29-,31-26-,38-35-/t56-/m0/s1. The summed E-state index contributed by atoms with van der Waals surface area (Å²) in [6, 6.07) is 0.